The Kier molecular flexibility index (Phi) is 3.80. The maximum Gasteiger partial charge on any atom is 0.0717 e. The zero-order valence-electron chi connectivity index (χ0n) is 10.7. The van der Waals surface area contributed by atoms with E-state index in [2.05, 4.69) is 47.4 Å². The second kappa shape index (κ2) is 5.54. The molecule has 1 aromatic carbocycles. The van der Waals surface area contributed by atoms with Gasteiger partial charge in [-0.1, -0.05) is 18.2 Å². The first-order valence-corrected chi connectivity index (χ1v) is 8.05. The van der Waals surface area contributed by atoms with E-state index >= 15 is 0 Å². The molecule has 3 rings (SSSR count). The minimum Gasteiger partial charge on any atom is -0.382 e. The van der Waals surface area contributed by atoms with Gasteiger partial charge >= 0.3 is 0 Å². The zero-order valence-corrected chi connectivity index (χ0v) is 11.5. The van der Waals surface area contributed by atoms with E-state index < -0.39 is 0 Å². The fraction of sp³-hybridized carbons (Fsp3) is 0.600. The molecule has 2 saturated heterocycles. The van der Waals surface area contributed by atoms with Crippen molar-refractivity contribution in [3.63, 3.8) is 0 Å². The van der Waals surface area contributed by atoms with Crippen LogP contribution in [0.3, 0.4) is 0 Å². The van der Waals surface area contributed by atoms with Crippen molar-refractivity contribution in [1.29, 1.82) is 0 Å². The fourth-order valence-corrected chi connectivity index (χ4v) is 4.25. The summed E-state index contributed by atoms with van der Waals surface area (Å²) < 4.78 is 6.12. The summed E-state index contributed by atoms with van der Waals surface area (Å²) >= 11 is 2.07. The van der Waals surface area contributed by atoms with Gasteiger partial charge in [0.25, 0.3) is 0 Å². The van der Waals surface area contributed by atoms with E-state index in [1.54, 1.807) is 0 Å². The molecule has 18 heavy (non-hydrogen) atoms. The highest BCUT2D eigenvalue weighted by Crippen LogP contribution is 2.38. The SMILES string of the molecule is c1ccc(NC2CCOC3(CCSCC3)C2)cc1. The number of hydrogen-bond acceptors (Lipinski definition) is 3. The maximum atomic E-state index is 6.12. The van der Waals surface area contributed by atoms with E-state index in [4.69, 9.17) is 4.74 Å². The number of benzene rings is 1. The van der Waals surface area contributed by atoms with Crippen molar-refractivity contribution in [1.82, 2.24) is 0 Å². The van der Waals surface area contributed by atoms with Gasteiger partial charge in [0.2, 0.25) is 0 Å². The van der Waals surface area contributed by atoms with E-state index in [0.717, 1.165) is 13.0 Å². The topological polar surface area (TPSA) is 21.3 Å². The van der Waals surface area contributed by atoms with Crippen LogP contribution < -0.4 is 5.32 Å². The third-order valence-electron chi connectivity index (χ3n) is 4.04. The Balaban J connectivity index is 1.63. The highest BCUT2D eigenvalue weighted by molar-refractivity contribution is 7.99. The van der Waals surface area contributed by atoms with Crippen LogP contribution in [0.5, 0.6) is 0 Å². The summed E-state index contributed by atoms with van der Waals surface area (Å²) in [6.45, 7) is 0.912. The maximum absolute atomic E-state index is 6.12. The molecular weight excluding hydrogens is 242 g/mol. The molecule has 98 valence electrons. The zero-order chi connectivity index (χ0) is 12.3. The predicted octanol–water partition coefficient (Wildman–Crippen LogP) is 3.54. The first-order valence-electron chi connectivity index (χ1n) is 6.90. The lowest BCUT2D eigenvalue weighted by molar-refractivity contribution is -0.0865. The van der Waals surface area contributed by atoms with Crippen LogP contribution in [0.2, 0.25) is 0 Å². The van der Waals surface area contributed by atoms with Crippen LogP contribution in [0.25, 0.3) is 0 Å². The Bertz CT molecular complexity index is 370. The number of hydrogen-bond donors (Lipinski definition) is 1. The monoisotopic (exact) mass is 263 g/mol. The molecule has 0 saturated carbocycles. The van der Waals surface area contributed by atoms with Crippen LogP contribution in [-0.4, -0.2) is 29.8 Å². The third-order valence-corrected chi connectivity index (χ3v) is 5.03. The Morgan fingerprint density at radius 1 is 1.17 bits per heavy atom. The van der Waals surface area contributed by atoms with Crippen molar-refractivity contribution >= 4 is 17.4 Å². The van der Waals surface area contributed by atoms with Gasteiger partial charge in [0.1, 0.15) is 0 Å². The van der Waals surface area contributed by atoms with Gasteiger partial charge in [0, 0.05) is 18.3 Å². The van der Waals surface area contributed by atoms with E-state index in [1.807, 2.05) is 0 Å². The standard InChI is InChI=1S/C15H21NOS/c1-2-4-13(5-3-1)16-14-6-9-17-15(12-14)7-10-18-11-8-15/h1-5,14,16H,6-12H2. The number of ether oxygens (including phenoxy) is 1. The van der Waals surface area contributed by atoms with E-state index in [1.165, 1.54) is 36.5 Å². The normalized spacial score (nSPS) is 27.0. The van der Waals surface area contributed by atoms with Crippen molar-refractivity contribution in [2.24, 2.45) is 0 Å². The van der Waals surface area contributed by atoms with Crippen LogP contribution >= 0.6 is 11.8 Å². The molecule has 1 atom stereocenters. The predicted molar refractivity (Wildman–Crippen MR) is 78.3 cm³/mol. The van der Waals surface area contributed by atoms with E-state index in [0.29, 0.717) is 6.04 Å². The number of anilines is 1. The van der Waals surface area contributed by atoms with Gasteiger partial charge in [-0.05, 0) is 49.3 Å². The molecule has 2 fully saturated rings. The van der Waals surface area contributed by atoms with Crippen molar-refractivity contribution < 1.29 is 4.74 Å². The average Bonchev–Trinajstić information content (AvgIpc) is 2.41. The number of para-hydroxylation sites is 1. The summed E-state index contributed by atoms with van der Waals surface area (Å²) in [6, 6.07) is 11.1. The van der Waals surface area contributed by atoms with Crippen LogP contribution in [0.1, 0.15) is 25.7 Å². The highest BCUT2D eigenvalue weighted by atomic mass is 32.2. The van der Waals surface area contributed by atoms with Crippen LogP contribution in [0.15, 0.2) is 30.3 Å². The molecule has 0 aromatic heterocycles. The largest absolute Gasteiger partial charge is 0.382 e. The highest BCUT2D eigenvalue weighted by Gasteiger charge is 2.38. The van der Waals surface area contributed by atoms with Crippen molar-refractivity contribution in [3.05, 3.63) is 30.3 Å². The van der Waals surface area contributed by atoms with Gasteiger partial charge in [-0.3, -0.25) is 0 Å². The minimum atomic E-state index is 0.177. The summed E-state index contributed by atoms with van der Waals surface area (Å²) in [7, 11) is 0. The van der Waals surface area contributed by atoms with Gasteiger partial charge < -0.3 is 10.1 Å². The molecule has 1 N–H and O–H groups in total. The number of nitrogens with one attached hydrogen (secondary N) is 1. The second-order valence-corrected chi connectivity index (χ2v) is 6.57. The Morgan fingerprint density at radius 2 is 1.94 bits per heavy atom. The number of thioether (sulfide) groups is 1. The minimum absolute atomic E-state index is 0.177. The Morgan fingerprint density at radius 3 is 2.72 bits per heavy atom. The lowest BCUT2D eigenvalue weighted by atomic mass is 9.85. The molecule has 2 nitrogen and oxygen atoms in total. The fourth-order valence-electron chi connectivity index (χ4n) is 3.01. The average molecular weight is 263 g/mol. The smallest absolute Gasteiger partial charge is 0.0717 e. The van der Waals surface area contributed by atoms with Crippen LogP contribution in [0.4, 0.5) is 5.69 Å². The second-order valence-electron chi connectivity index (χ2n) is 5.34. The summed E-state index contributed by atoms with van der Waals surface area (Å²) in [5.74, 6) is 2.52. The van der Waals surface area contributed by atoms with Crippen LogP contribution in [-0.2, 0) is 4.74 Å². The van der Waals surface area contributed by atoms with E-state index in [-0.39, 0.29) is 5.60 Å². The molecule has 2 aliphatic heterocycles. The molecule has 0 radical (unpaired) electrons. The molecule has 1 spiro atoms. The summed E-state index contributed by atoms with van der Waals surface area (Å²) in [4.78, 5) is 0. The molecule has 2 aliphatic rings. The van der Waals surface area contributed by atoms with Crippen LogP contribution in [0, 0.1) is 0 Å². The van der Waals surface area contributed by atoms with Gasteiger partial charge in [-0.15, -0.1) is 0 Å². The molecule has 3 heteroatoms. The molecule has 0 aliphatic carbocycles. The molecule has 0 amide bonds. The van der Waals surface area contributed by atoms with E-state index in [9.17, 15) is 0 Å². The van der Waals surface area contributed by atoms with Gasteiger partial charge in [-0.2, -0.15) is 11.8 Å². The summed E-state index contributed by atoms with van der Waals surface area (Å²) in [5, 5.41) is 3.67. The van der Waals surface area contributed by atoms with Crippen molar-refractivity contribution in [3.8, 4) is 0 Å². The summed E-state index contributed by atoms with van der Waals surface area (Å²) in [5.41, 5.74) is 1.42. The van der Waals surface area contributed by atoms with Gasteiger partial charge in [0.05, 0.1) is 5.60 Å². The molecule has 0 bridgehead atoms. The third kappa shape index (κ3) is 2.83. The van der Waals surface area contributed by atoms with Crippen molar-refractivity contribution in [2.75, 3.05) is 23.4 Å². The molecule has 1 unspecified atom stereocenters. The Hall–Kier alpha value is -0.670. The van der Waals surface area contributed by atoms with Crippen molar-refractivity contribution in [2.45, 2.75) is 37.3 Å². The first-order chi connectivity index (χ1) is 8.86. The first kappa shape index (κ1) is 12.4. The molecular formula is C15H21NOS. The quantitative estimate of drug-likeness (QED) is 0.882. The molecule has 2 heterocycles. The summed E-state index contributed by atoms with van der Waals surface area (Å²) in [6.07, 6.45) is 4.75. The lowest BCUT2D eigenvalue weighted by Crippen LogP contribution is -2.46. The lowest BCUT2D eigenvalue weighted by Gasteiger charge is -2.43. The van der Waals surface area contributed by atoms with Gasteiger partial charge in [0.15, 0.2) is 0 Å². The molecule has 1 aromatic rings. The van der Waals surface area contributed by atoms with Gasteiger partial charge in [-0.25, -0.2) is 0 Å². The number of rotatable bonds is 2. The Labute approximate surface area is 113 Å².